The van der Waals surface area contributed by atoms with Crippen molar-refractivity contribution >= 4 is 5.97 Å². The SMILES string of the molecule is CC(C)C[C@H](NC[C@@](C)(O)C#Cc1ccccc1)C(=O)O. The molecule has 0 saturated carbocycles. The summed E-state index contributed by atoms with van der Waals surface area (Å²) >= 11 is 0. The first-order chi connectivity index (χ1) is 9.80. The number of hydrogen-bond acceptors (Lipinski definition) is 3. The van der Waals surface area contributed by atoms with Gasteiger partial charge in [0.25, 0.3) is 0 Å². The van der Waals surface area contributed by atoms with Crippen molar-refractivity contribution in [2.45, 2.75) is 38.8 Å². The molecule has 4 heteroatoms. The minimum Gasteiger partial charge on any atom is -0.480 e. The van der Waals surface area contributed by atoms with Crippen molar-refractivity contribution in [3.05, 3.63) is 35.9 Å². The standard InChI is InChI=1S/C17H23NO3/c1-13(2)11-15(16(19)20)18-12-17(3,21)10-9-14-7-5-4-6-8-14/h4-8,13,15,18,21H,11-12H2,1-3H3,(H,19,20)/t15-,17-/m0/s1. The maximum Gasteiger partial charge on any atom is 0.320 e. The second-order valence-electron chi connectivity index (χ2n) is 5.79. The van der Waals surface area contributed by atoms with Crippen LogP contribution in [0.15, 0.2) is 30.3 Å². The molecule has 21 heavy (non-hydrogen) atoms. The summed E-state index contributed by atoms with van der Waals surface area (Å²) in [4.78, 5) is 11.2. The maximum atomic E-state index is 11.2. The summed E-state index contributed by atoms with van der Waals surface area (Å²) in [6, 6.07) is 8.69. The number of aliphatic hydroxyl groups is 1. The number of carbonyl (C=O) groups is 1. The zero-order valence-electron chi connectivity index (χ0n) is 12.8. The van der Waals surface area contributed by atoms with Gasteiger partial charge in [-0.3, -0.25) is 4.79 Å². The third-order valence-electron chi connectivity index (χ3n) is 2.95. The zero-order valence-corrected chi connectivity index (χ0v) is 12.8. The Morgan fingerprint density at radius 1 is 1.33 bits per heavy atom. The van der Waals surface area contributed by atoms with E-state index in [-0.39, 0.29) is 12.5 Å². The van der Waals surface area contributed by atoms with Gasteiger partial charge in [0.1, 0.15) is 11.6 Å². The van der Waals surface area contributed by atoms with Crippen molar-refractivity contribution in [2.75, 3.05) is 6.54 Å². The predicted molar refractivity (Wildman–Crippen MR) is 82.8 cm³/mol. The second-order valence-corrected chi connectivity index (χ2v) is 5.79. The van der Waals surface area contributed by atoms with E-state index in [0.29, 0.717) is 6.42 Å². The lowest BCUT2D eigenvalue weighted by molar-refractivity contribution is -0.140. The molecule has 114 valence electrons. The molecule has 0 radical (unpaired) electrons. The highest BCUT2D eigenvalue weighted by molar-refractivity contribution is 5.73. The number of hydrogen-bond donors (Lipinski definition) is 3. The van der Waals surface area contributed by atoms with Crippen LogP contribution in [0.1, 0.15) is 32.8 Å². The van der Waals surface area contributed by atoms with Crippen LogP contribution in [-0.2, 0) is 4.79 Å². The highest BCUT2D eigenvalue weighted by Gasteiger charge is 2.23. The Kier molecular flexibility index (Phi) is 6.41. The molecule has 3 N–H and O–H groups in total. The van der Waals surface area contributed by atoms with Crippen molar-refractivity contribution in [3.8, 4) is 11.8 Å². The molecule has 0 heterocycles. The van der Waals surface area contributed by atoms with Crippen LogP contribution in [0, 0.1) is 17.8 Å². The summed E-state index contributed by atoms with van der Waals surface area (Å²) in [5.41, 5.74) is -0.463. The topological polar surface area (TPSA) is 69.6 Å². The van der Waals surface area contributed by atoms with Gasteiger partial charge >= 0.3 is 5.97 Å². The lowest BCUT2D eigenvalue weighted by Gasteiger charge is -2.22. The van der Waals surface area contributed by atoms with E-state index < -0.39 is 17.6 Å². The van der Waals surface area contributed by atoms with Crippen LogP contribution in [0.25, 0.3) is 0 Å². The molecule has 0 aliphatic rings. The third-order valence-corrected chi connectivity index (χ3v) is 2.95. The van der Waals surface area contributed by atoms with Crippen LogP contribution in [0.5, 0.6) is 0 Å². The molecule has 0 saturated heterocycles. The summed E-state index contributed by atoms with van der Waals surface area (Å²) in [6.45, 7) is 5.61. The van der Waals surface area contributed by atoms with Gasteiger partial charge in [0.15, 0.2) is 0 Å². The Hall–Kier alpha value is -1.83. The van der Waals surface area contributed by atoms with E-state index in [1.807, 2.05) is 44.2 Å². The van der Waals surface area contributed by atoms with E-state index in [2.05, 4.69) is 17.2 Å². The van der Waals surface area contributed by atoms with E-state index in [1.165, 1.54) is 0 Å². The Morgan fingerprint density at radius 3 is 2.48 bits per heavy atom. The Morgan fingerprint density at radius 2 is 1.95 bits per heavy atom. The average molecular weight is 289 g/mol. The molecule has 0 aliphatic heterocycles. The second kappa shape index (κ2) is 7.82. The van der Waals surface area contributed by atoms with Gasteiger partial charge in [-0.05, 0) is 31.4 Å². The normalized spacial score (nSPS) is 14.9. The largest absolute Gasteiger partial charge is 0.480 e. The number of benzene rings is 1. The third kappa shape index (κ3) is 6.94. The van der Waals surface area contributed by atoms with Gasteiger partial charge in [-0.25, -0.2) is 0 Å². The quantitative estimate of drug-likeness (QED) is 0.699. The van der Waals surface area contributed by atoms with Crippen LogP contribution in [0.2, 0.25) is 0 Å². The summed E-state index contributed by atoms with van der Waals surface area (Å²) in [7, 11) is 0. The number of aliphatic carboxylic acids is 1. The molecule has 0 fully saturated rings. The van der Waals surface area contributed by atoms with Gasteiger partial charge in [-0.1, -0.05) is 43.9 Å². The molecule has 1 aromatic carbocycles. The number of carboxylic acid groups (broad SMARTS) is 1. The molecular weight excluding hydrogens is 266 g/mol. The van der Waals surface area contributed by atoms with Crippen LogP contribution in [0.3, 0.4) is 0 Å². The molecule has 2 atom stereocenters. The van der Waals surface area contributed by atoms with E-state index in [4.69, 9.17) is 5.11 Å². The van der Waals surface area contributed by atoms with Crippen molar-refractivity contribution in [2.24, 2.45) is 5.92 Å². The van der Waals surface area contributed by atoms with Crippen LogP contribution in [0.4, 0.5) is 0 Å². The van der Waals surface area contributed by atoms with Gasteiger partial charge < -0.3 is 15.5 Å². The number of rotatable bonds is 6. The molecule has 0 aromatic heterocycles. The molecule has 0 amide bonds. The molecule has 1 rings (SSSR count). The summed E-state index contributed by atoms with van der Waals surface area (Å²) in [5.74, 6) is 5.02. The highest BCUT2D eigenvalue weighted by atomic mass is 16.4. The van der Waals surface area contributed by atoms with Crippen molar-refractivity contribution in [3.63, 3.8) is 0 Å². The fourth-order valence-corrected chi connectivity index (χ4v) is 1.84. The van der Waals surface area contributed by atoms with Gasteiger partial charge in [0.05, 0.1) is 0 Å². The van der Waals surface area contributed by atoms with Gasteiger partial charge in [-0.2, -0.15) is 0 Å². The molecule has 0 bridgehead atoms. The molecule has 0 aliphatic carbocycles. The monoisotopic (exact) mass is 289 g/mol. The lowest BCUT2D eigenvalue weighted by Crippen LogP contribution is -2.45. The molecule has 4 nitrogen and oxygen atoms in total. The molecule has 0 spiro atoms. The predicted octanol–water partition coefficient (Wildman–Crippen LogP) is 1.88. The van der Waals surface area contributed by atoms with Crippen molar-refractivity contribution < 1.29 is 15.0 Å². The fraction of sp³-hybridized carbons (Fsp3) is 0.471. The summed E-state index contributed by atoms with van der Waals surface area (Å²) in [6.07, 6.45) is 0.511. The first-order valence-corrected chi connectivity index (χ1v) is 7.07. The highest BCUT2D eigenvalue weighted by Crippen LogP contribution is 2.07. The Bertz CT molecular complexity index is 512. The van der Waals surface area contributed by atoms with E-state index in [9.17, 15) is 9.90 Å². The van der Waals surface area contributed by atoms with E-state index in [0.717, 1.165) is 5.56 Å². The molecule has 0 unspecified atom stereocenters. The smallest absolute Gasteiger partial charge is 0.320 e. The maximum absolute atomic E-state index is 11.2. The molecule has 1 aromatic rings. The van der Waals surface area contributed by atoms with Crippen molar-refractivity contribution in [1.82, 2.24) is 5.32 Å². The average Bonchev–Trinajstić information content (AvgIpc) is 2.42. The lowest BCUT2D eigenvalue weighted by atomic mass is 10.0. The van der Waals surface area contributed by atoms with Gasteiger partial charge in [0, 0.05) is 12.1 Å². The minimum atomic E-state index is -1.28. The Balaban J connectivity index is 2.63. The minimum absolute atomic E-state index is 0.108. The van der Waals surface area contributed by atoms with Gasteiger partial charge in [0.2, 0.25) is 0 Å². The number of carboxylic acids is 1. The van der Waals surface area contributed by atoms with Crippen LogP contribution >= 0.6 is 0 Å². The summed E-state index contributed by atoms with van der Waals surface area (Å²) < 4.78 is 0. The van der Waals surface area contributed by atoms with Gasteiger partial charge in [-0.15, -0.1) is 0 Å². The van der Waals surface area contributed by atoms with E-state index >= 15 is 0 Å². The van der Waals surface area contributed by atoms with E-state index in [1.54, 1.807) is 6.92 Å². The zero-order chi connectivity index (χ0) is 15.9. The first-order valence-electron chi connectivity index (χ1n) is 7.07. The Labute approximate surface area is 126 Å². The fourth-order valence-electron chi connectivity index (χ4n) is 1.84. The molecular formula is C17H23NO3. The first kappa shape index (κ1) is 17.2. The van der Waals surface area contributed by atoms with Crippen molar-refractivity contribution in [1.29, 1.82) is 0 Å². The van der Waals surface area contributed by atoms with Crippen LogP contribution < -0.4 is 5.32 Å². The van der Waals surface area contributed by atoms with Crippen LogP contribution in [-0.4, -0.2) is 34.4 Å². The number of nitrogens with one attached hydrogen (secondary N) is 1. The summed E-state index contributed by atoms with van der Waals surface area (Å²) in [5, 5.41) is 22.2.